The average Bonchev–Trinajstić information content (AvgIpc) is 2.47. The Morgan fingerprint density at radius 3 is 3.15 bits per heavy atom. The zero-order valence-electron chi connectivity index (χ0n) is 8.14. The zero-order chi connectivity index (χ0) is 9.31. The van der Waals surface area contributed by atoms with Gasteiger partial charge in [0.25, 0.3) is 0 Å². The summed E-state index contributed by atoms with van der Waals surface area (Å²) in [7, 11) is 0. The maximum atomic E-state index is 11.0. The molecule has 1 amide bonds. The van der Waals surface area contributed by atoms with Gasteiger partial charge in [-0.3, -0.25) is 0 Å². The molecule has 0 radical (unpaired) electrons. The number of hydrogen-bond donors (Lipinski definition) is 1. The second-order valence-corrected chi connectivity index (χ2v) is 4.30. The first kappa shape index (κ1) is 8.85. The molecule has 0 aromatic carbocycles. The second-order valence-electron chi connectivity index (χ2n) is 4.30. The molecule has 1 saturated heterocycles. The minimum Gasteiger partial charge on any atom is -0.441 e. The number of rotatable bonds is 1. The summed E-state index contributed by atoms with van der Waals surface area (Å²) in [6.45, 7) is 2.94. The van der Waals surface area contributed by atoms with Crippen LogP contribution < -0.4 is 5.32 Å². The lowest BCUT2D eigenvalue weighted by atomic mass is 9.77. The van der Waals surface area contributed by atoms with Crippen molar-refractivity contribution in [2.75, 3.05) is 6.54 Å². The quantitative estimate of drug-likeness (QED) is 0.675. The molecule has 1 aliphatic carbocycles. The Balaban J connectivity index is 2.02. The predicted octanol–water partition coefficient (Wildman–Crippen LogP) is 2.07. The van der Waals surface area contributed by atoms with Crippen LogP contribution in [-0.2, 0) is 4.74 Å². The maximum absolute atomic E-state index is 11.0. The van der Waals surface area contributed by atoms with Gasteiger partial charge in [-0.25, -0.2) is 4.79 Å². The number of amides is 1. The van der Waals surface area contributed by atoms with Crippen LogP contribution in [0.5, 0.6) is 0 Å². The van der Waals surface area contributed by atoms with Crippen LogP contribution in [0.25, 0.3) is 0 Å². The van der Waals surface area contributed by atoms with Gasteiger partial charge in [0.2, 0.25) is 0 Å². The predicted molar refractivity (Wildman–Crippen MR) is 49.5 cm³/mol. The van der Waals surface area contributed by atoms with Crippen LogP contribution in [0.3, 0.4) is 0 Å². The molecule has 0 aromatic rings. The number of nitrogens with one attached hydrogen (secondary N) is 1. The van der Waals surface area contributed by atoms with Gasteiger partial charge in [0.15, 0.2) is 0 Å². The molecule has 1 aliphatic heterocycles. The first-order chi connectivity index (χ1) is 6.24. The molecular formula is C10H17NO2. The highest BCUT2D eigenvalue weighted by atomic mass is 16.6. The van der Waals surface area contributed by atoms with Crippen molar-refractivity contribution < 1.29 is 9.53 Å². The van der Waals surface area contributed by atoms with E-state index in [1.165, 1.54) is 19.3 Å². The molecule has 1 N–H and O–H groups in total. The number of hydrogen-bond acceptors (Lipinski definition) is 2. The second kappa shape index (κ2) is 3.20. The topological polar surface area (TPSA) is 38.3 Å². The first-order valence-electron chi connectivity index (χ1n) is 5.21. The van der Waals surface area contributed by atoms with Crippen LogP contribution in [0.1, 0.15) is 39.0 Å². The van der Waals surface area contributed by atoms with Gasteiger partial charge in [-0.1, -0.05) is 19.8 Å². The minimum atomic E-state index is -0.225. The summed E-state index contributed by atoms with van der Waals surface area (Å²) in [5, 5.41) is 2.76. The third-order valence-electron chi connectivity index (χ3n) is 3.35. The molecule has 1 heterocycles. The first-order valence-corrected chi connectivity index (χ1v) is 5.21. The van der Waals surface area contributed by atoms with Gasteiger partial charge in [0, 0.05) is 0 Å². The molecule has 1 spiro atoms. The summed E-state index contributed by atoms with van der Waals surface area (Å²) < 4.78 is 5.37. The molecule has 1 saturated carbocycles. The number of ether oxygens (including phenoxy) is 1. The van der Waals surface area contributed by atoms with E-state index in [1.807, 2.05) is 0 Å². The zero-order valence-corrected chi connectivity index (χ0v) is 8.14. The van der Waals surface area contributed by atoms with E-state index in [0.717, 1.165) is 25.3 Å². The van der Waals surface area contributed by atoms with Crippen LogP contribution >= 0.6 is 0 Å². The van der Waals surface area contributed by atoms with Gasteiger partial charge in [-0.05, 0) is 25.2 Å². The highest BCUT2D eigenvalue weighted by Gasteiger charge is 2.43. The lowest BCUT2D eigenvalue weighted by Gasteiger charge is -2.35. The third-order valence-corrected chi connectivity index (χ3v) is 3.35. The van der Waals surface area contributed by atoms with Crippen LogP contribution in [0.2, 0.25) is 0 Å². The fraction of sp³-hybridized carbons (Fsp3) is 0.900. The van der Waals surface area contributed by atoms with Crippen LogP contribution in [0.15, 0.2) is 0 Å². The van der Waals surface area contributed by atoms with Gasteiger partial charge in [-0.15, -0.1) is 0 Å². The summed E-state index contributed by atoms with van der Waals surface area (Å²) in [4.78, 5) is 11.0. The van der Waals surface area contributed by atoms with Crippen molar-refractivity contribution in [3.8, 4) is 0 Å². The average molecular weight is 183 g/mol. The van der Waals surface area contributed by atoms with Crippen molar-refractivity contribution in [2.24, 2.45) is 5.92 Å². The summed E-state index contributed by atoms with van der Waals surface area (Å²) >= 11 is 0. The van der Waals surface area contributed by atoms with E-state index in [9.17, 15) is 4.79 Å². The summed E-state index contributed by atoms with van der Waals surface area (Å²) in [5.74, 6) is 0.751. The van der Waals surface area contributed by atoms with Crippen LogP contribution in [-0.4, -0.2) is 18.2 Å². The Morgan fingerprint density at radius 1 is 1.69 bits per heavy atom. The molecule has 0 aromatic heterocycles. The van der Waals surface area contributed by atoms with E-state index in [2.05, 4.69) is 12.2 Å². The Kier molecular flexibility index (Phi) is 2.18. The Hall–Kier alpha value is -0.730. The van der Waals surface area contributed by atoms with E-state index in [-0.39, 0.29) is 11.7 Å². The molecule has 3 nitrogen and oxygen atoms in total. The van der Waals surface area contributed by atoms with Crippen molar-refractivity contribution >= 4 is 6.09 Å². The van der Waals surface area contributed by atoms with E-state index in [4.69, 9.17) is 4.74 Å². The summed E-state index contributed by atoms with van der Waals surface area (Å²) in [6, 6.07) is 0. The van der Waals surface area contributed by atoms with Crippen molar-refractivity contribution in [2.45, 2.75) is 44.6 Å². The minimum absolute atomic E-state index is 0.143. The van der Waals surface area contributed by atoms with Gasteiger partial charge < -0.3 is 10.1 Å². The molecule has 2 rings (SSSR count). The molecule has 0 unspecified atom stereocenters. The normalized spacial score (nSPS) is 38.8. The van der Waals surface area contributed by atoms with E-state index >= 15 is 0 Å². The van der Waals surface area contributed by atoms with E-state index in [1.54, 1.807) is 0 Å². The van der Waals surface area contributed by atoms with Crippen molar-refractivity contribution in [1.82, 2.24) is 5.32 Å². The summed E-state index contributed by atoms with van der Waals surface area (Å²) in [6.07, 6.45) is 5.59. The molecule has 2 aliphatic rings. The highest BCUT2D eigenvalue weighted by Crippen LogP contribution is 2.38. The van der Waals surface area contributed by atoms with E-state index < -0.39 is 0 Å². The number of alkyl carbamates (subject to hydrolysis) is 1. The van der Waals surface area contributed by atoms with Gasteiger partial charge >= 0.3 is 6.09 Å². The summed E-state index contributed by atoms with van der Waals surface area (Å²) in [5.41, 5.74) is -0.143. The largest absolute Gasteiger partial charge is 0.441 e. The Morgan fingerprint density at radius 2 is 2.54 bits per heavy atom. The van der Waals surface area contributed by atoms with Crippen molar-refractivity contribution in [3.63, 3.8) is 0 Å². The van der Waals surface area contributed by atoms with Gasteiger partial charge in [0.05, 0.1) is 6.54 Å². The lowest BCUT2D eigenvalue weighted by molar-refractivity contribution is 0.00651. The molecular weight excluding hydrogens is 166 g/mol. The Labute approximate surface area is 78.8 Å². The smallest absolute Gasteiger partial charge is 0.407 e. The molecule has 0 bridgehead atoms. The number of carbonyl (C=O) groups is 1. The highest BCUT2D eigenvalue weighted by molar-refractivity contribution is 5.70. The third kappa shape index (κ3) is 1.64. The standard InChI is InChI=1S/C10H17NO2/c1-2-8-4-3-5-10(6-8)7-11-9(12)13-10/h8H,2-7H2,1H3,(H,11,12)/t8-,10-/m0/s1. The maximum Gasteiger partial charge on any atom is 0.407 e. The lowest BCUT2D eigenvalue weighted by Crippen LogP contribution is -2.38. The SMILES string of the molecule is CC[C@H]1CCC[C@@]2(CNC(=O)O2)C1. The molecule has 13 heavy (non-hydrogen) atoms. The fourth-order valence-electron chi connectivity index (χ4n) is 2.55. The molecule has 3 heteroatoms. The number of carbonyl (C=O) groups excluding carboxylic acids is 1. The van der Waals surface area contributed by atoms with E-state index in [0.29, 0.717) is 0 Å². The van der Waals surface area contributed by atoms with Crippen LogP contribution in [0, 0.1) is 5.92 Å². The van der Waals surface area contributed by atoms with Crippen molar-refractivity contribution in [1.29, 1.82) is 0 Å². The monoisotopic (exact) mass is 183 g/mol. The molecule has 74 valence electrons. The van der Waals surface area contributed by atoms with Gasteiger partial charge in [-0.2, -0.15) is 0 Å². The molecule has 2 atom stereocenters. The fourth-order valence-corrected chi connectivity index (χ4v) is 2.55. The van der Waals surface area contributed by atoms with Crippen LogP contribution in [0.4, 0.5) is 4.79 Å². The Bertz CT molecular complexity index is 217. The van der Waals surface area contributed by atoms with Crippen molar-refractivity contribution in [3.05, 3.63) is 0 Å². The van der Waals surface area contributed by atoms with Gasteiger partial charge in [0.1, 0.15) is 5.60 Å². The molecule has 2 fully saturated rings.